The van der Waals surface area contributed by atoms with Crippen molar-refractivity contribution >= 4 is 11.9 Å². The molecule has 0 saturated heterocycles. The molecule has 4 heteroatoms. The minimum absolute atomic E-state index is 0.353. The lowest BCUT2D eigenvalue weighted by molar-refractivity contribution is -0.135. The van der Waals surface area contributed by atoms with Gasteiger partial charge in [0.05, 0.1) is 0 Å². The monoisotopic (exact) mass is 185 g/mol. The Balaban J connectivity index is 2.54. The lowest BCUT2D eigenvalue weighted by Gasteiger charge is -2.00. The number of hydrogen-bond acceptors (Lipinski definition) is 2. The lowest BCUT2D eigenvalue weighted by atomic mass is 10.6. The summed E-state index contributed by atoms with van der Waals surface area (Å²) in [5, 5.41) is 10.6. The topological polar surface area (TPSA) is 66.4 Å². The predicted molar refractivity (Wildman–Crippen MR) is 46.4 cm³/mol. The molecule has 0 saturated carbocycles. The van der Waals surface area contributed by atoms with Crippen molar-refractivity contribution in [3.05, 3.63) is 35.9 Å². The number of rotatable bonds is 3. The maximum atomic E-state index is 11.2. The van der Waals surface area contributed by atoms with Gasteiger partial charge in [0, 0.05) is 5.56 Å². The maximum absolute atomic E-state index is 11.2. The van der Waals surface area contributed by atoms with Crippen molar-refractivity contribution in [3.8, 4) is 0 Å². The molecular formula is C9H9NO3. The van der Waals surface area contributed by atoms with Gasteiger partial charge in [0.25, 0.3) is 5.91 Å². The van der Waals surface area contributed by atoms with E-state index in [-0.39, 0.29) is 12.5 Å². The Hall–Kier alpha value is -1.84. The minimum Gasteiger partial charge on any atom is -0.480 e. The Bertz CT molecular complexity index is 308. The van der Waals surface area contributed by atoms with Crippen molar-refractivity contribution in [1.29, 1.82) is 0 Å². The van der Waals surface area contributed by atoms with E-state index in [1.165, 1.54) is 0 Å². The van der Waals surface area contributed by atoms with Crippen LogP contribution in [0.1, 0.15) is 10.4 Å². The zero-order chi connectivity index (χ0) is 9.68. The van der Waals surface area contributed by atoms with Crippen LogP contribution in [0.3, 0.4) is 0 Å². The van der Waals surface area contributed by atoms with Gasteiger partial charge in [-0.25, -0.2) is 0 Å². The maximum Gasteiger partial charge on any atom is 0.322 e. The van der Waals surface area contributed by atoms with E-state index in [1.54, 1.807) is 30.3 Å². The first-order valence-corrected chi connectivity index (χ1v) is 3.75. The van der Waals surface area contributed by atoms with Crippen LogP contribution in [0, 0.1) is 0 Å². The van der Waals surface area contributed by atoms with Crippen molar-refractivity contribution in [2.45, 2.75) is 0 Å². The summed E-state index contributed by atoms with van der Waals surface area (Å²) in [6.07, 6.45) is 0. The summed E-state index contributed by atoms with van der Waals surface area (Å²) in [7, 11) is 0. The third-order valence-corrected chi connectivity index (χ3v) is 1.44. The van der Waals surface area contributed by atoms with Crippen molar-refractivity contribution in [1.82, 2.24) is 5.32 Å². The number of benzene rings is 1. The van der Waals surface area contributed by atoms with Crippen LogP contribution in [0.2, 0.25) is 0 Å². The first kappa shape index (κ1) is 9.25. The Morgan fingerprint density at radius 2 is 1.85 bits per heavy atom. The fourth-order valence-electron chi connectivity index (χ4n) is 0.847. The van der Waals surface area contributed by atoms with E-state index in [2.05, 4.69) is 5.32 Å². The van der Waals surface area contributed by atoms with Crippen molar-refractivity contribution < 1.29 is 14.7 Å². The quantitative estimate of drug-likeness (QED) is 0.720. The highest BCUT2D eigenvalue weighted by atomic mass is 16.4. The number of hydrogen-bond donors (Lipinski definition) is 2. The lowest BCUT2D eigenvalue weighted by Crippen LogP contribution is -2.29. The molecule has 13 heavy (non-hydrogen) atoms. The Kier molecular flexibility index (Phi) is 3.03. The van der Waals surface area contributed by atoms with Crippen LogP contribution in [-0.2, 0) is 4.79 Å². The number of carboxylic acids is 1. The van der Waals surface area contributed by atoms with Crippen LogP contribution >= 0.6 is 0 Å². The van der Waals surface area contributed by atoms with Crippen LogP contribution < -0.4 is 5.32 Å². The molecule has 1 aromatic rings. The third kappa shape index (κ3) is 2.94. The second-order valence-electron chi connectivity index (χ2n) is 2.44. The van der Waals surface area contributed by atoms with Crippen molar-refractivity contribution in [3.63, 3.8) is 0 Å². The standard InChI is InChI=1S/C9H9NO3/c11-8(12)6-10-9(13)7-4-2-1-3-5-7/h1-5H,6H2,(H,10,13)(H,11,12)/i1+1,2+1,3+1,4+1,5+1,7+1. The third-order valence-electron chi connectivity index (χ3n) is 1.44. The Morgan fingerprint density at radius 3 is 2.38 bits per heavy atom. The highest BCUT2D eigenvalue weighted by Gasteiger charge is 2.04. The first-order chi connectivity index (χ1) is 6.20. The number of aliphatic carboxylic acids is 1. The van der Waals surface area contributed by atoms with E-state index in [0.717, 1.165) is 0 Å². The molecule has 68 valence electrons. The fourth-order valence-corrected chi connectivity index (χ4v) is 0.847. The van der Waals surface area contributed by atoms with Gasteiger partial charge in [0.2, 0.25) is 0 Å². The van der Waals surface area contributed by atoms with Crippen molar-refractivity contribution in [2.24, 2.45) is 0 Å². The molecule has 0 heterocycles. The van der Waals surface area contributed by atoms with E-state index in [1.807, 2.05) is 0 Å². The highest BCUT2D eigenvalue weighted by molar-refractivity contribution is 5.95. The highest BCUT2D eigenvalue weighted by Crippen LogP contribution is 1.96. The van der Waals surface area contributed by atoms with Gasteiger partial charge in [0.15, 0.2) is 0 Å². The number of nitrogens with one attached hydrogen (secondary N) is 1. The van der Waals surface area contributed by atoms with Crippen LogP contribution in [0.25, 0.3) is 0 Å². The van der Waals surface area contributed by atoms with E-state index in [4.69, 9.17) is 5.11 Å². The Labute approximate surface area is 75.2 Å². The summed E-state index contributed by atoms with van der Waals surface area (Å²) < 4.78 is 0. The molecule has 0 radical (unpaired) electrons. The summed E-state index contributed by atoms with van der Waals surface area (Å²) in [6.45, 7) is -0.353. The molecule has 0 fully saturated rings. The normalized spacial score (nSPS) is 9.23. The molecule has 0 spiro atoms. The van der Waals surface area contributed by atoms with Crippen LogP contribution in [0.15, 0.2) is 30.3 Å². The molecule has 2 N–H and O–H groups in total. The average molecular weight is 185 g/mol. The van der Waals surface area contributed by atoms with E-state index in [0.29, 0.717) is 5.56 Å². The van der Waals surface area contributed by atoms with Crippen LogP contribution in [0.5, 0.6) is 0 Å². The zero-order valence-corrected chi connectivity index (χ0v) is 6.86. The van der Waals surface area contributed by atoms with Gasteiger partial charge in [-0.3, -0.25) is 9.59 Å². The molecular weight excluding hydrogens is 176 g/mol. The smallest absolute Gasteiger partial charge is 0.322 e. The summed E-state index contributed by atoms with van der Waals surface area (Å²) in [5.41, 5.74) is 0.462. The van der Waals surface area contributed by atoms with Gasteiger partial charge in [-0.05, 0) is 12.1 Å². The van der Waals surface area contributed by atoms with Gasteiger partial charge in [-0.1, -0.05) is 18.2 Å². The first-order valence-electron chi connectivity index (χ1n) is 3.75. The molecule has 0 aromatic heterocycles. The molecule has 0 atom stereocenters. The van der Waals surface area contributed by atoms with Gasteiger partial charge >= 0.3 is 5.97 Å². The van der Waals surface area contributed by atoms with Crippen LogP contribution in [-0.4, -0.2) is 23.5 Å². The summed E-state index contributed by atoms with van der Waals surface area (Å²) >= 11 is 0. The van der Waals surface area contributed by atoms with Gasteiger partial charge in [-0.2, -0.15) is 0 Å². The number of amides is 1. The summed E-state index contributed by atoms with van der Waals surface area (Å²) in [6, 6.07) is 8.47. The number of carbonyl (C=O) groups is 2. The molecule has 0 aliphatic rings. The van der Waals surface area contributed by atoms with Crippen LogP contribution in [0.4, 0.5) is 0 Å². The van der Waals surface area contributed by atoms with Gasteiger partial charge < -0.3 is 10.4 Å². The van der Waals surface area contributed by atoms with Crippen molar-refractivity contribution in [2.75, 3.05) is 6.54 Å². The number of carbonyl (C=O) groups excluding carboxylic acids is 1. The molecule has 1 aromatic carbocycles. The second kappa shape index (κ2) is 4.25. The Morgan fingerprint density at radius 1 is 1.23 bits per heavy atom. The molecule has 0 unspecified atom stereocenters. The average Bonchev–Trinajstić information content (AvgIpc) is 2.15. The molecule has 1 amide bonds. The van der Waals surface area contributed by atoms with E-state index >= 15 is 0 Å². The predicted octanol–water partition coefficient (Wildman–Crippen LogP) is 0.501. The number of carboxylic acid groups (broad SMARTS) is 1. The SMILES string of the molecule is O=C(O)CNC(=O)[13c]1[13cH][13cH][13cH][13cH][13cH]1. The van der Waals surface area contributed by atoms with E-state index in [9.17, 15) is 9.59 Å². The summed E-state index contributed by atoms with van der Waals surface area (Å²) in [5.74, 6) is -1.42. The molecule has 0 bridgehead atoms. The largest absolute Gasteiger partial charge is 0.480 e. The van der Waals surface area contributed by atoms with E-state index < -0.39 is 5.97 Å². The molecule has 1 rings (SSSR count). The minimum atomic E-state index is -1.05. The molecule has 4 nitrogen and oxygen atoms in total. The molecule has 0 aliphatic carbocycles. The second-order valence-corrected chi connectivity index (χ2v) is 2.44. The van der Waals surface area contributed by atoms with Gasteiger partial charge in [0.1, 0.15) is 6.54 Å². The zero-order valence-electron chi connectivity index (χ0n) is 6.86. The molecule has 0 aliphatic heterocycles. The van der Waals surface area contributed by atoms with Gasteiger partial charge in [-0.15, -0.1) is 0 Å². The summed E-state index contributed by atoms with van der Waals surface area (Å²) in [4.78, 5) is 21.3. The fraction of sp³-hybridized carbons (Fsp3) is 0.111.